The highest BCUT2D eigenvalue weighted by molar-refractivity contribution is 6.04. The second kappa shape index (κ2) is 5.01. The standard InChI is InChI=1S/C15H23NO/c1-6-7-15(5,16)14(17)13-9-11(3)10(2)8-12(13)4/h8-9H,6-7,16H2,1-5H3. The van der Waals surface area contributed by atoms with E-state index < -0.39 is 5.54 Å². The largest absolute Gasteiger partial charge is 0.319 e. The normalized spacial score (nSPS) is 14.5. The van der Waals surface area contributed by atoms with Crippen LogP contribution in [0.4, 0.5) is 0 Å². The Morgan fingerprint density at radius 3 is 2.24 bits per heavy atom. The van der Waals surface area contributed by atoms with Gasteiger partial charge in [0, 0.05) is 5.56 Å². The first-order chi connectivity index (χ1) is 7.79. The number of ketones is 1. The van der Waals surface area contributed by atoms with Crippen LogP contribution in [0.5, 0.6) is 0 Å². The molecule has 0 bridgehead atoms. The van der Waals surface area contributed by atoms with Crippen molar-refractivity contribution < 1.29 is 4.79 Å². The van der Waals surface area contributed by atoms with E-state index in [9.17, 15) is 4.79 Å². The van der Waals surface area contributed by atoms with Gasteiger partial charge in [-0.15, -0.1) is 0 Å². The van der Waals surface area contributed by atoms with Crippen LogP contribution < -0.4 is 5.73 Å². The third-order valence-corrected chi connectivity index (χ3v) is 3.37. The van der Waals surface area contributed by atoms with Crippen molar-refractivity contribution in [3.63, 3.8) is 0 Å². The first kappa shape index (κ1) is 13.9. The van der Waals surface area contributed by atoms with Gasteiger partial charge in [0.15, 0.2) is 5.78 Å². The van der Waals surface area contributed by atoms with E-state index in [4.69, 9.17) is 5.73 Å². The van der Waals surface area contributed by atoms with E-state index in [0.29, 0.717) is 0 Å². The van der Waals surface area contributed by atoms with E-state index in [0.717, 1.165) is 29.5 Å². The third-order valence-electron chi connectivity index (χ3n) is 3.37. The number of carbonyl (C=O) groups excluding carboxylic acids is 1. The van der Waals surface area contributed by atoms with Gasteiger partial charge < -0.3 is 5.73 Å². The Hall–Kier alpha value is -1.15. The van der Waals surface area contributed by atoms with E-state index in [2.05, 4.69) is 13.0 Å². The molecule has 1 aromatic rings. The number of Topliss-reactive ketones (excluding diaryl/α,β-unsaturated/α-hetero) is 1. The molecular formula is C15H23NO. The molecule has 0 radical (unpaired) electrons. The summed E-state index contributed by atoms with van der Waals surface area (Å²) < 4.78 is 0. The van der Waals surface area contributed by atoms with Crippen LogP contribution in [0.25, 0.3) is 0 Å². The van der Waals surface area contributed by atoms with Gasteiger partial charge in [-0.3, -0.25) is 4.79 Å². The molecule has 2 N–H and O–H groups in total. The summed E-state index contributed by atoms with van der Waals surface area (Å²) in [4.78, 5) is 12.4. The lowest BCUT2D eigenvalue weighted by atomic mass is 9.85. The van der Waals surface area contributed by atoms with E-state index in [1.165, 1.54) is 5.56 Å². The molecule has 17 heavy (non-hydrogen) atoms. The molecule has 1 unspecified atom stereocenters. The fourth-order valence-electron chi connectivity index (χ4n) is 2.15. The Kier molecular flexibility index (Phi) is 4.10. The minimum Gasteiger partial charge on any atom is -0.319 e. The summed E-state index contributed by atoms with van der Waals surface area (Å²) >= 11 is 0. The molecule has 1 atom stereocenters. The van der Waals surface area contributed by atoms with Crippen molar-refractivity contribution >= 4 is 5.78 Å². The first-order valence-corrected chi connectivity index (χ1v) is 6.21. The molecule has 0 aromatic heterocycles. The van der Waals surface area contributed by atoms with E-state index in [-0.39, 0.29) is 5.78 Å². The van der Waals surface area contributed by atoms with Crippen LogP contribution in [0, 0.1) is 20.8 Å². The fraction of sp³-hybridized carbons (Fsp3) is 0.533. The lowest BCUT2D eigenvalue weighted by molar-refractivity contribution is 0.0892. The molecule has 0 heterocycles. The second-order valence-electron chi connectivity index (χ2n) is 5.25. The summed E-state index contributed by atoms with van der Waals surface area (Å²) in [6.45, 7) is 9.93. The molecule has 1 aromatic carbocycles. The Bertz CT molecular complexity index is 433. The van der Waals surface area contributed by atoms with Gasteiger partial charge in [-0.05, 0) is 56.9 Å². The highest BCUT2D eigenvalue weighted by Gasteiger charge is 2.29. The smallest absolute Gasteiger partial charge is 0.182 e. The van der Waals surface area contributed by atoms with Crippen LogP contribution >= 0.6 is 0 Å². The predicted octanol–water partition coefficient (Wildman–Crippen LogP) is 3.31. The number of rotatable bonds is 4. The molecular weight excluding hydrogens is 210 g/mol. The minimum atomic E-state index is -0.749. The first-order valence-electron chi connectivity index (χ1n) is 6.21. The second-order valence-corrected chi connectivity index (χ2v) is 5.25. The summed E-state index contributed by atoms with van der Waals surface area (Å²) in [6, 6.07) is 4.03. The zero-order valence-electron chi connectivity index (χ0n) is 11.6. The molecule has 0 aliphatic heterocycles. The SMILES string of the molecule is CCCC(C)(N)C(=O)c1cc(C)c(C)cc1C. The van der Waals surface area contributed by atoms with Crippen molar-refractivity contribution in [3.05, 3.63) is 34.4 Å². The molecule has 2 heteroatoms. The molecule has 0 amide bonds. The number of carbonyl (C=O) groups is 1. The van der Waals surface area contributed by atoms with Crippen molar-refractivity contribution in [2.75, 3.05) is 0 Å². The van der Waals surface area contributed by atoms with E-state index >= 15 is 0 Å². The summed E-state index contributed by atoms with van der Waals surface area (Å²) in [5.74, 6) is 0.0555. The van der Waals surface area contributed by atoms with Crippen LogP contribution in [-0.2, 0) is 0 Å². The summed E-state index contributed by atoms with van der Waals surface area (Å²) in [5.41, 5.74) is 9.51. The predicted molar refractivity (Wildman–Crippen MR) is 72.5 cm³/mol. The minimum absolute atomic E-state index is 0.0555. The van der Waals surface area contributed by atoms with Crippen molar-refractivity contribution in [3.8, 4) is 0 Å². The van der Waals surface area contributed by atoms with Gasteiger partial charge in [-0.25, -0.2) is 0 Å². The van der Waals surface area contributed by atoms with Gasteiger partial charge in [-0.2, -0.15) is 0 Å². The molecule has 0 saturated heterocycles. The molecule has 0 fully saturated rings. The van der Waals surface area contributed by atoms with E-state index in [1.807, 2.05) is 33.8 Å². The van der Waals surface area contributed by atoms with Crippen molar-refractivity contribution in [2.45, 2.75) is 53.0 Å². The molecule has 94 valence electrons. The number of nitrogens with two attached hydrogens (primary N) is 1. The maximum absolute atomic E-state index is 12.4. The van der Waals surface area contributed by atoms with E-state index in [1.54, 1.807) is 0 Å². The Labute approximate surface area is 104 Å². The number of aryl methyl sites for hydroxylation is 3. The highest BCUT2D eigenvalue weighted by atomic mass is 16.1. The van der Waals surface area contributed by atoms with Crippen LogP contribution in [0.1, 0.15) is 53.7 Å². The fourth-order valence-corrected chi connectivity index (χ4v) is 2.15. The van der Waals surface area contributed by atoms with Gasteiger partial charge in [0.1, 0.15) is 0 Å². The quantitative estimate of drug-likeness (QED) is 0.811. The van der Waals surface area contributed by atoms with Gasteiger partial charge >= 0.3 is 0 Å². The van der Waals surface area contributed by atoms with Gasteiger partial charge in [0.25, 0.3) is 0 Å². The maximum atomic E-state index is 12.4. The van der Waals surface area contributed by atoms with Gasteiger partial charge in [0.2, 0.25) is 0 Å². The van der Waals surface area contributed by atoms with Crippen LogP contribution in [0.15, 0.2) is 12.1 Å². The summed E-state index contributed by atoms with van der Waals surface area (Å²) in [6.07, 6.45) is 1.64. The van der Waals surface area contributed by atoms with Gasteiger partial charge in [0.05, 0.1) is 5.54 Å². The summed E-state index contributed by atoms with van der Waals surface area (Å²) in [7, 11) is 0. The maximum Gasteiger partial charge on any atom is 0.182 e. The van der Waals surface area contributed by atoms with Crippen LogP contribution in [0.3, 0.4) is 0 Å². The molecule has 2 nitrogen and oxygen atoms in total. The average Bonchev–Trinajstić information content (AvgIpc) is 2.22. The van der Waals surface area contributed by atoms with Crippen molar-refractivity contribution in [2.24, 2.45) is 5.73 Å². The monoisotopic (exact) mass is 233 g/mol. The average molecular weight is 233 g/mol. The van der Waals surface area contributed by atoms with Gasteiger partial charge in [-0.1, -0.05) is 19.4 Å². The Morgan fingerprint density at radius 1 is 1.18 bits per heavy atom. The zero-order valence-corrected chi connectivity index (χ0v) is 11.6. The lowest BCUT2D eigenvalue weighted by Gasteiger charge is -2.23. The molecule has 0 aliphatic rings. The Morgan fingerprint density at radius 2 is 1.71 bits per heavy atom. The molecule has 0 spiro atoms. The zero-order chi connectivity index (χ0) is 13.2. The lowest BCUT2D eigenvalue weighted by Crippen LogP contribution is -2.45. The highest BCUT2D eigenvalue weighted by Crippen LogP contribution is 2.22. The van der Waals surface area contributed by atoms with Crippen LogP contribution in [-0.4, -0.2) is 11.3 Å². The van der Waals surface area contributed by atoms with Crippen molar-refractivity contribution in [1.29, 1.82) is 0 Å². The number of hydrogen-bond acceptors (Lipinski definition) is 2. The molecule has 0 aliphatic carbocycles. The topological polar surface area (TPSA) is 43.1 Å². The van der Waals surface area contributed by atoms with Crippen LogP contribution in [0.2, 0.25) is 0 Å². The Balaban J connectivity index is 3.17. The molecule has 1 rings (SSSR count). The number of benzene rings is 1. The molecule has 0 saturated carbocycles. The number of hydrogen-bond donors (Lipinski definition) is 1. The summed E-state index contributed by atoms with van der Waals surface area (Å²) in [5, 5.41) is 0. The van der Waals surface area contributed by atoms with Crippen molar-refractivity contribution in [1.82, 2.24) is 0 Å². The third kappa shape index (κ3) is 2.95.